The molecule has 0 aliphatic carbocycles. The number of benzene rings is 1. The van der Waals surface area contributed by atoms with Crippen LogP contribution in [0.1, 0.15) is 17.0 Å². The van der Waals surface area contributed by atoms with Gasteiger partial charge in [-0.2, -0.15) is 10.2 Å². The Hall–Kier alpha value is -1.32. The Morgan fingerprint density at radius 3 is 2.32 bits per heavy atom. The molecule has 0 bridgehead atoms. The molecule has 2 heterocycles. The molecule has 19 heavy (non-hydrogen) atoms. The molecular formula is C15H12N3Y-. The number of aromatic nitrogens is 3. The Kier molecular flexibility index (Phi) is 4.62. The van der Waals surface area contributed by atoms with Gasteiger partial charge in [-0.1, -0.05) is 29.3 Å². The molecule has 0 atom stereocenters. The van der Waals surface area contributed by atoms with Gasteiger partial charge in [-0.05, 0) is 17.7 Å². The average molecular weight is 323 g/mol. The Morgan fingerprint density at radius 1 is 0.895 bits per heavy atom. The van der Waals surface area contributed by atoms with Crippen LogP contribution in [0.4, 0.5) is 0 Å². The summed E-state index contributed by atoms with van der Waals surface area (Å²) in [5, 5.41) is 10.6. The predicted octanol–water partition coefficient (Wildman–Crippen LogP) is 2.80. The summed E-state index contributed by atoms with van der Waals surface area (Å²) < 4.78 is 0. The molecular weight excluding hydrogens is 311 g/mol. The molecule has 1 radical (unpaired) electrons. The van der Waals surface area contributed by atoms with E-state index in [2.05, 4.69) is 28.2 Å². The van der Waals surface area contributed by atoms with Crippen LogP contribution < -0.4 is 0 Å². The number of fused-ring (bicyclic) bond motifs is 1. The molecule has 1 aromatic carbocycles. The van der Waals surface area contributed by atoms with Crippen LogP contribution in [0.15, 0.2) is 48.8 Å². The van der Waals surface area contributed by atoms with Gasteiger partial charge < -0.3 is 0 Å². The third-order valence-corrected chi connectivity index (χ3v) is 2.96. The Labute approximate surface area is 137 Å². The second kappa shape index (κ2) is 6.22. The van der Waals surface area contributed by atoms with Crippen molar-refractivity contribution in [2.75, 3.05) is 0 Å². The van der Waals surface area contributed by atoms with Gasteiger partial charge in [0.25, 0.3) is 0 Å². The first-order chi connectivity index (χ1) is 8.84. The summed E-state index contributed by atoms with van der Waals surface area (Å²) in [6.07, 6.45) is 4.34. The Morgan fingerprint density at radius 2 is 1.58 bits per heavy atom. The van der Waals surface area contributed by atoms with E-state index in [1.807, 2.05) is 30.3 Å². The first-order valence-corrected chi connectivity index (χ1v) is 5.80. The first kappa shape index (κ1) is 14.1. The van der Waals surface area contributed by atoms with E-state index in [0.29, 0.717) is 0 Å². The smallest absolute Gasteiger partial charge is 0.0574 e. The summed E-state index contributed by atoms with van der Waals surface area (Å²) in [5.41, 5.74) is 2.88. The number of hydrogen-bond acceptors (Lipinski definition) is 3. The average Bonchev–Trinajstić information content (AvgIpc) is 2.44. The van der Waals surface area contributed by atoms with Crippen molar-refractivity contribution in [2.45, 2.75) is 6.42 Å². The maximum Gasteiger partial charge on any atom is 0.0574 e. The molecule has 0 N–H and O–H groups in total. The summed E-state index contributed by atoms with van der Waals surface area (Å²) >= 11 is 0. The van der Waals surface area contributed by atoms with E-state index in [1.54, 1.807) is 12.4 Å². The van der Waals surface area contributed by atoms with Crippen LogP contribution in [0.5, 0.6) is 0 Å². The Bertz CT molecular complexity index is 683. The van der Waals surface area contributed by atoms with E-state index in [0.717, 1.165) is 28.6 Å². The van der Waals surface area contributed by atoms with E-state index in [9.17, 15) is 0 Å². The molecule has 4 heteroatoms. The van der Waals surface area contributed by atoms with Crippen molar-refractivity contribution in [1.29, 1.82) is 0 Å². The second-order valence-electron chi connectivity index (χ2n) is 4.17. The van der Waals surface area contributed by atoms with Gasteiger partial charge in [0.15, 0.2) is 0 Å². The molecule has 0 unspecified atom stereocenters. The van der Waals surface area contributed by atoms with Crippen molar-refractivity contribution < 1.29 is 32.7 Å². The molecule has 3 nitrogen and oxygen atoms in total. The van der Waals surface area contributed by atoms with Crippen molar-refractivity contribution in [3.63, 3.8) is 0 Å². The fourth-order valence-electron chi connectivity index (χ4n) is 2.04. The number of nitrogens with zero attached hydrogens (tertiary/aromatic N) is 3. The van der Waals surface area contributed by atoms with Crippen LogP contribution in [0.3, 0.4) is 0 Å². The van der Waals surface area contributed by atoms with Crippen molar-refractivity contribution >= 4 is 10.8 Å². The summed E-state index contributed by atoms with van der Waals surface area (Å²) in [4.78, 5) is 4.02. The molecule has 0 aliphatic heterocycles. The number of pyridine rings is 1. The van der Waals surface area contributed by atoms with Gasteiger partial charge in [0, 0.05) is 51.5 Å². The summed E-state index contributed by atoms with van der Waals surface area (Å²) in [6, 6.07) is 12.1. The van der Waals surface area contributed by atoms with Gasteiger partial charge in [0.2, 0.25) is 0 Å². The monoisotopic (exact) mass is 323 g/mol. The van der Waals surface area contributed by atoms with Crippen molar-refractivity contribution in [2.24, 2.45) is 0 Å². The molecule has 3 aromatic rings. The van der Waals surface area contributed by atoms with E-state index >= 15 is 0 Å². The largest absolute Gasteiger partial charge is 0.265 e. The third-order valence-electron chi connectivity index (χ3n) is 2.96. The second-order valence-corrected chi connectivity index (χ2v) is 4.17. The third kappa shape index (κ3) is 2.99. The van der Waals surface area contributed by atoms with Gasteiger partial charge in [-0.3, -0.25) is 4.98 Å². The fourth-order valence-corrected chi connectivity index (χ4v) is 2.04. The maximum atomic E-state index is 4.27. The van der Waals surface area contributed by atoms with Crippen LogP contribution in [-0.2, 0) is 39.1 Å². The van der Waals surface area contributed by atoms with E-state index in [1.165, 1.54) is 5.56 Å². The van der Waals surface area contributed by atoms with Crippen LogP contribution >= 0.6 is 0 Å². The van der Waals surface area contributed by atoms with Crippen LogP contribution in [0.25, 0.3) is 10.8 Å². The van der Waals surface area contributed by atoms with E-state index in [-0.39, 0.29) is 32.7 Å². The molecule has 0 amide bonds. The zero-order valence-electron chi connectivity index (χ0n) is 10.5. The molecule has 0 aliphatic rings. The van der Waals surface area contributed by atoms with E-state index < -0.39 is 0 Å². The van der Waals surface area contributed by atoms with Crippen LogP contribution in [0, 0.1) is 6.92 Å². The topological polar surface area (TPSA) is 38.7 Å². The predicted molar refractivity (Wildman–Crippen MR) is 71.0 cm³/mol. The van der Waals surface area contributed by atoms with Crippen LogP contribution in [0.2, 0.25) is 0 Å². The zero-order valence-corrected chi connectivity index (χ0v) is 13.3. The van der Waals surface area contributed by atoms with Gasteiger partial charge >= 0.3 is 0 Å². The quantitative estimate of drug-likeness (QED) is 0.681. The fraction of sp³-hybridized carbons (Fsp3) is 0.0667. The molecule has 0 saturated carbocycles. The van der Waals surface area contributed by atoms with Crippen molar-refractivity contribution in [3.8, 4) is 0 Å². The standard InChI is InChI=1S/C15H12N3.Y/c1-11-13-4-2-3-5-14(13)15(18-17-11)10-12-6-8-16-9-7-12;/h2-9H,1,10H2;/q-1;. The Balaban J connectivity index is 0.00000133. The van der Waals surface area contributed by atoms with Gasteiger partial charge in [0.05, 0.1) is 5.69 Å². The van der Waals surface area contributed by atoms with Gasteiger partial charge in [-0.25, -0.2) is 6.92 Å². The maximum absolute atomic E-state index is 4.27. The molecule has 0 saturated heterocycles. The van der Waals surface area contributed by atoms with E-state index in [4.69, 9.17) is 0 Å². The normalized spacial score (nSPS) is 10.1. The molecule has 0 spiro atoms. The zero-order chi connectivity index (χ0) is 12.4. The number of rotatable bonds is 2. The minimum Gasteiger partial charge on any atom is -0.265 e. The summed E-state index contributed by atoms with van der Waals surface area (Å²) in [6.45, 7) is 3.91. The van der Waals surface area contributed by atoms with Gasteiger partial charge in [0.1, 0.15) is 0 Å². The summed E-state index contributed by atoms with van der Waals surface area (Å²) in [7, 11) is 0. The minimum absolute atomic E-state index is 0. The minimum atomic E-state index is 0. The van der Waals surface area contributed by atoms with Gasteiger partial charge in [-0.15, -0.1) is 11.5 Å². The summed E-state index contributed by atoms with van der Waals surface area (Å²) in [5.74, 6) is 0. The SMILES string of the molecule is [CH2-]c1nnc(Cc2ccncc2)c2ccccc12.[Y]. The molecule has 0 fully saturated rings. The van der Waals surface area contributed by atoms with Crippen LogP contribution in [-0.4, -0.2) is 15.2 Å². The molecule has 91 valence electrons. The molecule has 3 rings (SSSR count). The van der Waals surface area contributed by atoms with Crippen molar-refractivity contribution in [3.05, 3.63) is 72.7 Å². The van der Waals surface area contributed by atoms with Crippen molar-refractivity contribution in [1.82, 2.24) is 15.2 Å². The first-order valence-electron chi connectivity index (χ1n) is 5.80. The molecule has 2 aromatic heterocycles. The number of hydrogen-bond donors (Lipinski definition) is 0.